The first-order valence-electron chi connectivity index (χ1n) is 10.7. The fourth-order valence-electron chi connectivity index (χ4n) is 3.13. The number of imidazole rings is 1. The third kappa shape index (κ3) is 6.88. The van der Waals surface area contributed by atoms with Gasteiger partial charge in [-0.05, 0) is 23.5 Å². The molecule has 1 aliphatic rings. The number of halogens is 1. The Labute approximate surface area is 176 Å². The number of benzene rings is 1. The minimum Gasteiger partial charge on any atom is -0.386 e. The second kappa shape index (κ2) is 13.0. The van der Waals surface area contributed by atoms with E-state index in [-0.39, 0.29) is 5.41 Å². The van der Waals surface area contributed by atoms with Crippen LogP contribution in [0.5, 0.6) is 0 Å². The summed E-state index contributed by atoms with van der Waals surface area (Å²) in [5.74, 6) is 0.997. The van der Waals surface area contributed by atoms with Crippen molar-refractivity contribution in [2.45, 2.75) is 65.7 Å². The molecule has 2 aromatic rings. The molecule has 0 atom stereocenters. The van der Waals surface area contributed by atoms with Gasteiger partial charge in [0.2, 0.25) is 0 Å². The first kappa shape index (κ1) is 24.7. The Kier molecular flexibility index (Phi) is 11.0. The lowest BCUT2D eigenvalue weighted by Gasteiger charge is -2.26. The third-order valence-corrected chi connectivity index (χ3v) is 5.18. The molecule has 0 saturated heterocycles. The molecular formula is C25H38FN3. The summed E-state index contributed by atoms with van der Waals surface area (Å²) >= 11 is 0. The monoisotopic (exact) mass is 399 g/mol. The maximum Gasteiger partial charge on any atom is 0.144 e. The summed E-state index contributed by atoms with van der Waals surface area (Å²) in [5.41, 5.74) is 3.79. The molecule has 0 aliphatic carbocycles. The number of nitrogens with zero attached hydrogens (tertiary/aromatic N) is 2. The molecule has 0 bridgehead atoms. The molecule has 0 spiro atoms. The summed E-state index contributed by atoms with van der Waals surface area (Å²) in [7, 11) is 0.500. The average Bonchev–Trinajstić information content (AvgIpc) is 3.27. The van der Waals surface area contributed by atoms with Gasteiger partial charge in [0.15, 0.2) is 0 Å². The zero-order chi connectivity index (χ0) is 21.7. The number of hydrogen-bond acceptors (Lipinski definition) is 2. The molecule has 0 unspecified atom stereocenters. The zero-order valence-corrected chi connectivity index (χ0v) is 19.0. The highest BCUT2D eigenvalue weighted by molar-refractivity contribution is 5.70. The van der Waals surface area contributed by atoms with Crippen LogP contribution in [0.25, 0.3) is 17.1 Å². The predicted octanol–water partition coefficient (Wildman–Crippen LogP) is 6.98. The number of allylic oxidation sites excluding steroid dienone is 2. The topological polar surface area (TPSA) is 29.9 Å². The Morgan fingerprint density at radius 1 is 1.10 bits per heavy atom. The lowest BCUT2D eigenvalue weighted by atomic mass is 9.79. The molecule has 160 valence electrons. The Balaban J connectivity index is 0.000000527. The Morgan fingerprint density at radius 2 is 1.79 bits per heavy atom. The van der Waals surface area contributed by atoms with Gasteiger partial charge in [-0.3, -0.25) is 8.96 Å². The Hall–Kier alpha value is -2.36. The van der Waals surface area contributed by atoms with Crippen LogP contribution < -0.4 is 5.32 Å². The van der Waals surface area contributed by atoms with Crippen molar-refractivity contribution in [2.75, 3.05) is 13.7 Å². The molecule has 0 saturated carbocycles. The fraction of sp³-hybridized carbons (Fsp3) is 0.480. The summed E-state index contributed by atoms with van der Waals surface area (Å²) in [6.45, 7) is 12.1. The van der Waals surface area contributed by atoms with E-state index in [9.17, 15) is 4.39 Å². The summed E-state index contributed by atoms with van der Waals surface area (Å²) in [4.78, 5) is 4.63. The summed E-state index contributed by atoms with van der Waals surface area (Å²) in [6.07, 6.45) is 15.4. The highest BCUT2D eigenvalue weighted by Gasteiger charge is 2.23. The summed E-state index contributed by atoms with van der Waals surface area (Å²) in [6, 6.07) is 8.60. The molecule has 1 aromatic carbocycles. The van der Waals surface area contributed by atoms with Gasteiger partial charge in [0, 0.05) is 30.7 Å². The van der Waals surface area contributed by atoms with Gasteiger partial charge in [0.1, 0.15) is 5.82 Å². The van der Waals surface area contributed by atoms with Gasteiger partial charge < -0.3 is 5.32 Å². The second-order valence-electron chi connectivity index (χ2n) is 7.64. The number of aromatic nitrogens is 2. The van der Waals surface area contributed by atoms with Gasteiger partial charge in [-0.15, -0.1) is 0 Å². The van der Waals surface area contributed by atoms with Gasteiger partial charge in [0.05, 0.1) is 12.9 Å². The van der Waals surface area contributed by atoms with Crippen LogP contribution in [0.15, 0.2) is 55.0 Å². The van der Waals surface area contributed by atoms with Gasteiger partial charge in [0.25, 0.3) is 0 Å². The molecule has 0 amide bonds. The maximum atomic E-state index is 9.50. The van der Waals surface area contributed by atoms with E-state index in [1.54, 1.807) is 0 Å². The minimum absolute atomic E-state index is 0.127. The fourth-order valence-corrected chi connectivity index (χ4v) is 3.13. The number of dihydropyridines is 1. The molecule has 3 rings (SSSR count). The van der Waals surface area contributed by atoms with E-state index in [1.165, 1.54) is 30.4 Å². The quantitative estimate of drug-likeness (QED) is 0.568. The number of nitrogens with one attached hydrogen (secondary N) is 1. The summed E-state index contributed by atoms with van der Waals surface area (Å²) in [5, 5.41) is 3.26. The third-order valence-electron chi connectivity index (χ3n) is 5.18. The van der Waals surface area contributed by atoms with E-state index in [4.69, 9.17) is 0 Å². The first-order valence-corrected chi connectivity index (χ1v) is 10.7. The van der Waals surface area contributed by atoms with E-state index in [2.05, 4.69) is 85.9 Å². The van der Waals surface area contributed by atoms with E-state index in [0.29, 0.717) is 7.18 Å². The molecule has 2 heterocycles. The van der Waals surface area contributed by atoms with Gasteiger partial charge in [-0.1, -0.05) is 84.2 Å². The number of unbranched alkanes of at least 4 members (excludes halogenated alkanes) is 2. The standard InChI is InChI=1S/C19H23N3.C5H12.CH3F/c1-4-19(2,3)17-10-6-5-9-16(17)18-21-12-13-22(18)15-8-7-11-20-14-15;1-3-5-4-2;1-2/h5-10,12-14,20H,4,11H2,1-3H3;3-5H2,1-2H3;1H3. The molecule has 1 aliphatic heterocycles. The number of hydrogen-bond donors (Lipinski definition) is 1. The largest absolute Gasteiger partial charge is 0.386 e. The van der Waals surface area contributed by atoms with Crippen molar-refractivity contribution >= 4 is 5.70 Å². The highest BCUT2D eigenvalue weighted by atomic mass is 19.1. The number of rotatable bonds is 6. The minimum atomic E-state index is 0.127. The van der Waals surface area contributed by atoms with Crippen LogP contribution in [0.4, 0.5) is 4.39 Å². The lowest BCUT2D eigenvalue weighted by Crippen LogP contribution is -2.18. The Morgan fingerprint density at radius 3 is 2.34 bits per heavy atom. The van der Waals surface area contributed by atoms with Crippen molar-refractivity contribution < 1.29 is 4.39 Å². The normalized spacial score (nSPS) is 12.7. The van der Waals surface area contributed by atoms with E-state index >= 15 is 0 Å². The van der Waals surface area contributed by atoms with Crippen LogP contribution in [-0.2, 0) is 5.41 Å². The maximum absolute atomic E-state index is 9.50. The molecule has 1 N–H and O–H groups in total. The molecule has 29 heavy (non-hydrogen) atoms. The van der Waals surface area contributed by atoms with Crippen LogP contribution in [0.2, 0.25) is 0 Å². The van der Waals surface area contributed by atoms with Crippen molar-refractivity contribution in [3.05, 3.63) is 60.6 Å². The van der Waals surface area contributed by atoms with Crippen molar-refractivity contribution in [2.24, 2.45) is 0 Å². The van der Waals surface area contributed by atoms with Crippen LogP contribution >= 0.6 is 0 Å². The van der Waals surface area contributed by atoms with Gasteiger partial charge >= 0.3 is 0 Å². The lowest BCUT2D eigenvalue weighted by molar-refractivity contribution is 0.507. The highest BCUT2D eigenvalue weighted by Crippen LogP contribution is 2.35. The second-order valence-corrected chi connectivity index (χ2v) is 7.64. The Bertz CT molecular complexity index is 770. The van der Waals surface area contributed by atoms with E-state index in [1.807, 2.05) is 18.6 Å². The van der Waals surface area contributed by atoms with Crippen molar-refractivity contribution in [1.29, 1.82) is 0 Å². The number of alkyl halides is 1. The average molecular weight is 400 g/mol. The van der Waals surface area contributed by atoms with Crippen LogP contribution in [0.1, 0.15) is 65.9 Å². The van der Waals surface area contributed by atoms with E-state index < -0.39 is 0 Å². The molecule has 0 radical (unpaired) electrons. The van der Waals surface area contributed by atoms with E-state index in [0.717, 1.165) is 24.5 Å². The molecular weight excluding hydrogens is 361 g/mol. The smallest absolute Gasteiger partial charge is 0.144 e. The zero-order valence-electron chi connectivity index (χ0n) is 19.0. The van der Waals surface area contributed by atoms with Crippen LogP contribution in [0.3, 0.4) is 0 Å². The first-order chi connectivity index (χ1) is 14.0. The molecule has 3 nitrogen and oxygen atoms in total. The van der Waals surface area contributed by atoms with Crippen molar-refractivity contribution in [3.8, 4) is 11.4 Å². The van der Waals surface area contributed by atoms with Crippen molar-refractivity contribution in [3.63, 3.8) is 0 Å². The summed E-state index contributed by atoms with van der Waals surface area (Å²) < 4.78 is 11.6. The van der Waals surface area contributed by atoms with Gasteiger partial charge in [-0.25, -0.2) is 4.98 Å². The molecule has 4 heteroatoms. The SMILES string of the molecule is CCC(C)(C)c1ccccc1-c1nccn1C1=CNCC=C1.CCCCC.CF. The predicted molar refractivity (Wildman–Crippen MR) is 125 cm³/mol. The van der Waals surface area contributed by atoms with Gasteiger partial charge in [-0.2, -0.15) is 0 Å². The van der Waals surface area contributed by atoms with Crippen LogP contribution in [-0.4, -0.2) is 23.3 Å². The molecule has 1 aromatic heterocycles. The van der Waals surface area contributed by atoms with Crippen molar-refractivity contribution in [1.82, 2.24) is 14.9 Å². The molecule has 0 fully saturated rings. The van der Waals surface area contributed by atoms with Crippen LogP contribution in [0, 0.1) is 0 Å².